The molecule has 0 atom stereocenters. The van der Waals surface area contributed by atoms with Crippen molar-refractivity contribution in [3.05, 3.63) is 84.4 Å². The molecule has 2 nitrogen and oxygen atoms in total. The predicted octanol–water partition coefficient (Wildman–Crippen LogP) is 5.85. The first kappa shape index (κ1) is 14.0. The number of hydrogen-bond donors (Lipinski definition) is 1. The zero-order valence-corrected chi connectivity index (χ0v) is 13.4. The van der Waals surface area contributed by atoms with E-state index >= 15 is 0 Å². The van der Waals surface area contributed by atoms with Crippen molar-refractivity contribution in [1.29, 1.82) is 0 Å². The highest BCUT2D eigenvalue weighted by Crippen LogP contribution is 2.51. The van der Waals surface area contributed by atoms with Crippen molar-refractivity contribution in [1.82, 2.24) is 0 Å². The number of carboxylic acids is 1. The van der Waals surface area contributed by atoms with Gasteiger partial charge in [0.25, 0.3) is 0 Å². The molecular weight excluding hydrogens is 308 g/mol. The minimum atomic E-state index is -0.900. The lowest BCUT2D eigenvalue weighted by Gasteiger charge is -2.13. The van der Waals surface area contributed by atoms with E-state index in [0.717, 1.165) is 16.7 Å². The van der Waals surface area contributed by atoms with Crippen LogP contribution in [0.4, 0.5) is 0 Å². The van der Waals surface area contributed by atoms with Crippen LogP contribution in [-0.2, 0) is 0 Å². The molecule has 1 N–H and O–H groups in total. The first-order valence-electron chi connectivity index (χ1n) is 8.24. The molecule has 4 aromatic rings. The van der Waals surface area contributed by atoms with Crippen molar-refractivity contribution in [2.75, 3.05) is 0 Å². The second-order valence-electron chi connectivity index (χ2n) is 6.29. The first-order valence-corrected chi connectivity index (χ1v) is 8.24. The molecule has 0 unspecified atom stereocenters. The predicted molar refractivity (Wildman–Crippen MR) is 101 cm³/mol. The maximum absolute atomic E-state index is 11.7. The van der Waals surface area contributed by atoms with E-state index in [-0.39, 0.29) is 0 Å². The van der Waals surface area contributed by atoms with Crippen LogP contribution in [0.5, 0.6) is 0 Å². The minimum Gasteiger partial charge on any atom is -0.478 e. The highest BCUT2D eigenvalue weighted by Gasteiger charge is 2.25. The van der Waals surface area contributed by atoms with Crippen LogP contribution in [0.15, 0.2) is 78.9 Å². The van der Waals surface area contributed by atoms with Crippen molar-refractivity contribution >= 4 is 16.7 Å². The van der Waals surface area contributed by atoms with E-state index in [1.165, 1.54) is 27.5 Å². The molecule has 0 heterocycles. The van der Waals surface area contributed by atoms with Gasteiger partial charge in [0.2, 0.25) is 0 Å². The number of carbonyl (C=O) groups is 1. The molecule has 0 fully saturated rings. The zero-order valence-electron chi connectivity index (χ0n) is 13.4. The zero-order chi connectivity index (χ0) is 17.0. The summed E-state index contributed by atoms with van der Waals surface area (Å²) in [5, 5.41) is 12.0. The van der Waals surface area contributed by atoms with E-state index in [0.29, 0.717) is 5.56 Å². The van der Waals surface area contributed by atoms with E-state index in [1.807, 2.05) is 24.3 Å². The van der Waals surface area contributed by atoms with Gasteiger partial charge in [-0.15, -0.1) is 0 Å². The summed E-state index contributed by atoms with van der Waals surface area (Å²) in [5.41, 5.74) is 6.81. The number of benzene rings is 4. The van der Waals surface area contributed by atoms with Gasteiger partial charge in [0.1, 0.15) is 0 Å². The van der Waals surface area contributed by atoms with Crippen LogP contribution in [0.25, 0.3) is 44.2 Å². The summed E-state index contributed by atoms with van der Waals surface area (Å²) in [4.78, 5) is 11.7. The van der Waals surface area contributed by atoms with Gasteiger partial charge in [-0.2, -0.15) is 0 Å². The monoisotopic (exact) mass is 322 g/mol. The standard InChI is InChI=1S/C23H14O2/c24-23(25)20-10-4-2-8-16(20)19-13-12-14-6-5-11-17-15-7-1-3-9-18(15)22(19)21(14)17/h1-13H,(H,24,25). The molecule has 0 bridgehead atoms. The Morgan fingerprint density at radius 2 is 1.28 bits per heavy atom. The molecule has 4 aromatic carbocycles. The van der Waals surface area contributed by atoms with Crippen LogP contribution < -0.4 is 0 Å². The summed E-state index contributed by atoms with van der Waals surface area (Å²) in [7, 11) is 0. The van der Waals surface area contributed by atoms with Gasteiger partial charge in [-0.05, 0) is 50.2 Å². The second-order valence-corrected chi connectivity index (χ2v) is 6.29. The van der Waals surface area contributed by atoms with Crippen LogP contribution >= 0.6 is 0 Å². The lowest BCUT2D eigenvalue weighted by molar-refractivity contribution is 0.0697. The van der Waals surface area contributed by atoms with Crippen molar-refractivity contribution in [3.63, 3.8) is 0 Å². The number of fused-ring (bicyclic) bond motifs is 3. The van der Waals surface area contributed by atoms with Gasteiger partial charge in [-0.25, -0.2) is 4.79 Å². The molecule has 0 spiro atoms. The lowest BCUT2D eigenvalue weighted by Crippen LogP contribution is -1.99. The Morgan fingerprint density at radius 3 is 2.08 bits per heavy atom. The summed E-state index contributed by atoms with van der Waals surface area (Å²) >= 11 is 0. The van der Waals surface area contributed by atoms with Gasteiger partial charge in [0.05, 0.1) is 5.56 Å². The Kier molecular flexibility index (Phi) is 2.83. The smallest absolute Gasteiger partial charge is 0.336 e. The van der Waals surface area contributed by atoms with E-state index in [9.17, 15) is 9.90 Å². The van der Waals surface area contributed by atoms with Gasteiger partial charge < -0.3 is 5.11 Å². The third kappa shape index (κ3) is 1.88. The molecule has 5 rings (SSSR count). The maximum Gasteiger partial charge on any atom is 0.336 e. The lowest BCUT2D eigenvalue weighted by atomic mass is 9.90. The first-order chi connectivity index (χ1) is 12.3. The van der Waals surface area contributed by atoms with Crippen LogP contribution in [-0.4, -0.2) is 11.1 Å². The van der Waals surface area contributed by atoms with Gasteiger partial charge in [0.15, 0.2) is 0 Å². The molecule has 0 radical (unpaired) electrons. The summed E-state index contributed by atoms with van der Waals surface area (Å²) in [5.74, 6) is -0.900. The molecule has 25 heavy (non-hydrogen) atoms. The van der Waals surface area contributed by atoms with Crippen molar-refractivity contribution in [3.8, 4) is 33.4 Å². The SMILES string of the molecule is O=C(O)c1ccccc1-c1ccc2cccc3c2c1-c1ccccc1-3. The van der Waals surface area contributed by atoms with Crippen LogP contribution in [0.1, 0.15) is 10.4 Å². The summed E-state index contributed by atoms with van der Waals surface area (Å²) in [6.45, 7) is 0. The van der Waals surface area contributed by atoms with Crippen LogP contribution in [0.3, 0.4) is 0 Å². The van der Waals surface area contributed by atoms with Crippen molar-refractivity contribution < 1.29 is 9.90 Å². The molecular formula is C23H14O2. The average Bonchev–Trinajstić information content (AvgIpc) is 2.99. The number of rotatable bonds is 2. The van der Waals surface area contributed by atoms with Gasteiger partial charge in [0, 0.05) is 0 Å². The molecule has 2 heteroatoms. The fraction of sp³-hybridized carbons (Fsp3) is 0. The number of aromatic carboxylic acids is 1. The fourth-order valence-corrected chi connectivity index (χ4v) is 3.95. The normalized spacial score (nSPS) is 11.5. The van der Waals surface area contributed by atoms with E-state index in [4.69, 9.17) is 0 Å². The second kappa shape index (κ2) is 5.05. The molecule has 1 aliphatic carbocycles. The van der Waals surface area contributed by atoms with Gasteiger partial charge >= 0.3 is 5.97 Å². The highest BCUT2D eigenvalue weighted by atomic mass is 16.4. The molecule has 0 saturated heterocycles. The van der Waals surface area contributed by atoms with E-state index in [1.54, 1.807) is 12.1 Å². The molecule has 118 valence electrons. The molecule has 0 amide bonds. The minimum absolute atomic E-state index is 0.333. The Bertz CT molecular complexity index is 1170. The molecule has 0 aliphatic heterocycles. The van der Waals surface area contributed by atoms with Crippen molar-refractivity contribution in [2.45, 2.75) is 0 Å². The highest BCUT2D eigenvalue weighted by molar-refractivity contribution is 6.19. The number of carboxylic acid groups (broad SMARTS) is 1. The Labute approximate surface area is 145 Å². The fourth-order valence-electron chi connectivity index (χ4n) is 3.95. The van der Waals surface area contributed by atoms with Crippen LogP contribution in [0, 0.1) is 0 Å². The quantitative estimate of drug-likeness (QED) is 0.442. The largest absolute Gasteiger partial charge is 0.478 e. The molecule has 0 saturated carbocycles. The summed E-state index contributed by atoms with van der Waals surface area (Å²) in [6.07, 6.45) is 0. The average molecular weight is 322 g/mol. The third-order valence-electron chi connectivity index (χ3n) is 4.98. The maximum atomic E-state index is 11.7. The Balaban J connectivity index is 1.95. The van der Waals surface area contributed by atoms with E-state index < -0.39 is 5.97 Å². The Hall–Kier alpha value is -3.39. The van der Waals surface area contributed by atoms with Crippen molar-refractivity contribution in [2.24, 2.45) is 0 Å². The third-order valence-corrected chi connectivity index (χ3v) is 4.98. The number of hydrogen-bond acceptors (Lipinski definition) is 1. The van der Waals surface area contributed by atoms with Gasteiger partial charge in [-0.3, -0.25) is 0 Å². The Morgan fingerprint density at radius 1 is 0.600 bits per heavy atom. The molecule has 0 aromatic heterocycles. The molecule has 1 aliphatic rings. The van der Waals surface area contributed by atoms with Crippen LogP contribution in [0.2, 0.25) is 0 Å². The summed E-state index contributed by atoms with van der Waals surface area (Å²) < 4.78 is 0. The topological polar surface area (TPSA) is 37.3 Å². The van der Waals surface area contributed by atoms with E-state index in [2.05, 4.69) is 42.5 Å². The summed E-state index contributed by atoms with van der Waals surface area (Å²) in [6, 6.07) is 26.0. The van der Waals surface area contributed by atoms with Gasteiger partial charge in [-0.1, -0.05) is 72.8 Å².